The number of aromatic nitrogens is 1. The summed E-state index contributed by atoms with van der Waals surface area (Å²) in [5.74, 6) is -0.665. The molecule has 1 saturated carbocycles. The van der Waals surface area contributed by atoms with E-state index in [2.05, 4.69) is 4.98 Å². The van der Waals surface area contributed by atoms with Crippen LogP contribution in [0.4, 0.5) is 19.0 Å². The Morgan fingerprint density at radius 2 is 1.66 bits per heavy atom. The average molecular weight is 473 g/mol. The van der Waals surface area contributed by atoms with Crippen molar-refractivity contribution in [3.05, 3.63) is 22.8 Å². The highest BCUT2D eigenvalue weighted by atomic mass is 35.5. The molecule has 0 spiro atoms. The number of alkyl halides is 3. The molecule has 3 aliphatic rings. The van der Waals surface area contributed by atoms with E-state index < -0.39 is 11.7 Å². The smallest absolute Gasteiger partial charge is 0.352 e. The van der Waals surface area contributed by atoms with Crippen LogP contribution in [0.5, 0.6) is 0 Å². The Morgan fingerprint density at radius 3 is 2.19 bits per heavy atom. The first-order valence-electron chi connectivity index (χ1n) is 10.8. The molecule has 7 nitrogen and oxygen atoms in total. The van der Waals surface area contributed by atoms with Crippen molar-refractivity contribution < 1.29 is 27.6 Å². The fraction of sp³-hybridized carbons (Fsp3) is 0.619. The first-order valence-corrected chi connectivity index (χ1v) is 11.2. The quantitative estimate of drug-likeness (QED) is 0.630. The van der Waals surface area contributed by atoms with Gasteiger partial charge in [0.25, 0.3) is 0 Å². The highest BCUT2D eigenvalue weighted by Crippen LogP contribution is 2.38. The van der Waals surface area contributed by atoms with Gasteiger partial charge in [0, 0.05) is 45.3 Å². The fourth-order valence-corrected chi connectivity index (χ4v) is 5.09. The van der Waals surface area contributed by atoms with Crippen molar-refractivity contribution in [3.8, 4) is 0 Å². The second-order valence-electron chi connectivity index (χ2n) is 8.47. The van der Waals surface area contributed by atoms with Crippen LogP contribution in [-0.4, -0.2) is 65.2 Å². The molecule has 1 aromatic heterocycles. The zero-order valence-electron chi connectivity index (χ0n) is 17.4. The first kappa shape index (κ1) is 22.8. The number of pyridine rings is 1. The minimum absolute atomic E-state index is 0.0657. The Morgan fingerprint density at radius 1 is 1.06 bits per heavy atom. The predicted octanol–water partition coefficient (Wildman–Crippen LogP) is 2.97. The van der Waals surface area contributed by atoms with Gasteiger partial charge in [0.15, 0.2) is 0 Å². The summed E-state index contributed by atoms with van der Waals surface area (Å²) in [5, 5.41) is -0.0906. The zero-order chi connectivity index (χ0) is 23.0. The third kappa shape index (κ3) is 4.42. The minimum Gasteiger partial charge on any atom is -0.352 e. The van der Waals surface area contributed by atoms with Gasteiger partial charge >= 0.3 is 6.18 Å². The van der Waals surface area contributed by atoms with E-state index in [4.69, 9.17) is 11.6 Å². The lowest BCUT2D eigenvalue weighted by molar-refractivity contribution is -0.141. The lowest BCUT2D eigenvalue weighted by atomic mass is 9.81. The maximum atomic E-state index is 12.8. The molecule has 2 saturated heterocycles. The second-order valence-corrected chi connectivity index (χ2v) is 8.88. The number of likely N-dealkylation sites (tertiary alicyclic amines) is 1. The van der Waals surface area contributed by atoms with Crippen LogP contribution >= 0.6 is 11.6 Å². The van der Waals surface area contributed by atoms with Crippen molar-refractivity contribution in [3.63, 3.8) is 0 Å². The molecule has 0 radical (unpaired) electrons. The lowest BCUT2D eigenvalue weighted by Gasteiger charge is -2.36. The molecule has 1 aliphatic carbocycles. The number of carbonyl (C=O) groups is 3. The number of hydrogen-bond acceptors (Lipinski definition) is 5. The molecule has 0 bridgehead atoms. The number of piperazine rings is 1. The summed E-state index contributed by atoms with van der Waals surface area (Å²) in [7, 11) is 0. The van der Waals surface area contributed by atoms with Gasteiger partial charge in [-0.25, -0.2) is 4.98 Å². The summed E-state index contributed by atoms with van der Waals surface area (Å²) in [6.07, 6.45) is -0.318. The number of anilines is 1. The van der Waals surface area contributed by atoms with Gasteiger partial charge in [-0.3, -0.25) is 19.3 Å². The number of halogens is 4. The predicted molar refractivity (Wildman–Crippen MR) is 110 cm³/mol. The Balaban J connectivity index is 1.30. The van der Waals surface area contributed by atoms with Crippen LogP contribution in [0.3, 0.4) is 0 Å². The Hall–Kier alpha value is -2.36. The molecule has 1 aromatic rings. The van der Waals surface area contributed by atoms with Crippen LogP contribution in [0.2, 0.25) is 5.02 Å². The van der Waals surface area contributed by atoms with Crippen molar-refractivity contribution in [1.29, 1.82) is 0 Å². The van der Waals surface area contributed by atoms with Gasteiger partial charge in [0.1, 0.15) is 5.82 Å². The third-order valence-electron chi connectivity index (χ3n) is 6.56. The molecule has 0 N–H and O–H groups in total. The average Bonchev–Trinajstić information content (AvgIpc) is 3.01. The topological polar surface area (TPSA) is 73.8 Å². The van der Waals surface area contributed by atoms with Crippen LogP contribution in [0.1, 0.15) is 37.7 Å². The number of rotatable bonds is 4. The van der Waals surface area contributed by atoms with Gasteiger partial charge in [-0.2, -0.15) is 13.2 Å². The lowest BCUT2D eigenvalue weighted by Crippen LogP contribution is -2.49. The summed E-state index contributed by atoms with van der Waals surface area (Å²) in [6, 6.07) is 0.850. The number of fused-ring (bicyclic) bond motifs is 1. The monoisotopic (exact) mass is 472 g/mol. The van der Waals surface area contributed by atoms with Crippen LogP contribution in [-0.2, 0) is 20.6 Å². The van der Waals surface area contributed by atoms with E-state index in [9.17, 15) is 27.6 Å². The van der Waals surface area contributed by atoms with E-state index in [0.717, 1.165) is 37.9 Å². The Labute approximate surface area is 188 Å². The van der Waals surface area contributed by atoms with Crippen LogP contribution < -0.4 is 4.90 Å². The van der Waals surface area contributed by atoms with Gasteiger partial charge in [-0.05, 0) is 18.9 Å². The van der Waals surface area contributed by atoms with Crippen molar-refractivity contribution in [2.45, 2.75) is 38.3 Å². The first-order chi connectivity index (χ1) is 15.2. The van der Waals surface area contributed by atoms with Crippen molar-refractivity contribution >= 4 is 35.1 Å². The maximum Gasteiger partial charge on any atom is 0.417 e. The van der Waals surface area contributed by atoms with E-state index in [1.807, 2.05) is 0 Å². The third-order valence-corrected chi connectivity index (χ3v) is 6.84. The molecule has 32 heavy (non-hydrogen) atoms. The van der Waals surface area contributed by atoms with E-state index in [1.54, 1.807) is 9.80 Å². The molecule has 3 fully saturated rings. The molecule has 2 atom stereocenters. The Kier molecular flexibility index (Phi) is 6.33. The van der Waals surface area contributed by atoms with Crippen LogP contribution in [0.25, 0.3) is 0 Å². The SMILES string of the molecule is O=C(CCN1C(=O)[C@H]2CCCC[C@H]2C1=O)N1CCN(c2ncc(C(F)(F)F)cc2Cl)CC1. The van der Waals surface area contributed by atoms with E-state index in [1.165, 1.54) is 4.90 Å². The van der Waals surface area contributed by atoms with Gasteiger partial charge in [-0.15, -0.1) is 0 Å². The summed E-state index contributed by atoms with van der Waals surface area (Å²) in [4.78, 5) is 46.2. The molecule has 3 amide bonds. The number of carbonyl (C=O) groups excluding carboxylic acids is 3. The summed E-state index contributed by atoms with van der Waals surface area (Å²) in [5.41, 5.74) is -0.911. The van der Waals surface area contributed by atoms with Crippen LogP contribution in [0, 0.1) is 11.8 Å². The molecule has 0 aromatic carbocycles. The standard InChI is InChI=1S/C21H24ClF3N4O3/c22-16-11-13(21(23,24)25)12-26-18(16)28-9-7-27(8-10-28)17(30)5-6-29-19(31)14-3-1-2-4-15(14)20(29)32/h11-12,14-15H,1-10H2/t14-,15+. The van der Waals surface area contributed by atoms with Crippen LogP contribution in [0.15, 0.2) is 12.3 Å². The molecular formula is C21H24ClF3N4O3. The number of amides is 3. The summed E-state index contributed by atoms with van der Waals surface area (Å²) in [6.45, 7) is 1.54. The highest BCUT2D eigenvalue weighted by Gasteiger charge is 2.48. The largest absolute Gasteiger partial charge is 0.417 e. The minimum atomic E-state index is -4.52. The number of imide groups is 1. The van der Waals surface area contributed by atoms with E-state index >= 15 is 0 Å². The summed E-state index contributed by atoms with van der Waals surface area (Å²) >= 11 is 6.02. The van der Waals surface area contributed by atoms with Gasteiger partial charge in [0.05, 0.1) is 22.4 Å². The second kappa shape index (κ2) is 8.88. The molecule has 3 heterocycles. The van der Waals surface area contributed by atoms with E-state index in [0.29, 0.717) is 26.2 Å². The van der Waals surface area contributed by atoms with Gasteiger partial charge in [0.2, 0.25) is 17.7 Å². The van der Waals surface area contributed by atoms with Gasteiger partial charge < -0.3 is 9.80 Å². The molecule has 4 rings (SSSR count). The normalized spacial score (nSPS) is 24.2. The maximum absolute atomic E-state index is 12.8. The molecule has 0 unspecified atom stereocenters. The summed E-state index contributed by atoms with van der Waals surface area (Å²) < 4.78 is 38.4. The van der Waals surface area contributed by atoms with Crippen molar-refractivity contribution in [2.75, 3.05) is 37.6 Å². The zero-order valence-corrected chi connectivity index (χ0v) is 18.2. The molecule has 2 aliphatic heterocycles. The highest BCUT2D eigenvalue weighted by molar-refractivity contribution is 6.33. The Bertz CT molecular complexity index is 894. The number of hydrogen-bond donors (Lipinski definition) is 0. The molecule has 174 valence electrons. The van der Waals surface area contributed by atoms with E-state index in [-0.39, 0.29) is 53.4 Å². The molecular weight excluding hydrogens is 449 g/mol. The van der Waals surface area contributed by atoms with Crippen molar-refractivity contribution in [2.24, 2.45) is 11.8 Å². The fourth-order valence-electron chi connectivity index (χ4n) is 4.80. The molecule has 11 heteroatoms. The number of nitrogens with zero attached hydrogens (tertiary/aromatic N) is 4. The van der Waals surface area contributed by atoms with Gasteiger partial charge in [-0.1, -0.05) is 24.4 Å². The van der Waals surface area contributed by atoms with Crippen molar-refractivity contribution in [1.82, 2.24) is 14.8 Å².